The maximum absolute atomic E-state index is 8.76. The lowest BCUT2D eigenvalue weighted by Gasteiger charge is -2.02. The number of nitriles is 1. The molecule has 0 saturated heterocycles. The van der Waals surface area contributed by atoms with Crippen LogP contribution in [0.2, 0.25) is 0 Å². The van der Waals surface area contributed by atoms with E-state index in [1.54, 1.807) is 24.3 Å². The first-order valence-electron chi connectivity index (χ1n) is 5.76. The average Bonchev–Trinajstić information content (AvgIpc) is 2.85. The minimum Gasteiger partial charge on any atom is -0.485 e. The van der Waals surface area contributed by atoms with E-state index in [1.165, 1.54) is 0 Å². The number of aromatic nitrogens is 2. The van der Waals surface area contributed by atoms with E-state index >= 15 is 0 Å². The molecule has 2 aromatic rings. The van der Waals surface area contributed by atoms with E-state index < -0.39 is 0 Å². The van der Waals surface area contributed by atoms with Crippen molar-refractivity contribution in [1.82, 2.24) is 10.1 Å². The van der Waals surface area contributed by atoms with E-state index in [-0.39, 0.29) is 6.61 Å². The molecule has 0 amide bonds. The van der Waals surface area contributed by atoms with E-state index in [0.29, 0.717) is 23.0 Å². The van der Waals surface area contributed by atoms with Crippen LogP contribution < -0.4 is 4.74 Å². The highest BCUT2D eigenvalue weighted by Crippen LogP contribution is 2.14. The third-order valence-corrected chi connectivity index (χ3v) is 2.31. The zero-order valence-corrected chi connectivity index (χ0v) is 10.1. The highest BCUT2D eigenvalue weighted by Gasteiger charge is 2.06. The zero-order valence-electron chi connectivity index (χ0n) is 10.1. The van der Waals surface area contributed by atoms with Crippen LogP contribution in [0.4, 0.5) is 0 Å². The van der Waals surface area contributed by atoms with Gasteiger partial charge < -0.3 is 9.26 Å². The molecule has 0 N–H and O–H groups in total. The van der Waals surface area contributed by atoms with Gasteiger partial charge in [0.05, 0.1) is 11.6 Å². The monoisotopic (exact) mass is 243 g/mol. The van der Waals surface area contributed by atoms with Gasteiger partial charge in [0.1, 0.15) is 5.75 Å². The molecule has 0 atom stereocenters. The van der Waals surface area contributed by atoms with E-state index in [2.05, 4.69) is 16.2 Å². The first-order valence-corrected chi connectivity index (χ1v) is 5.76. The fourth-order valence-corrected chi connectivity index (χ4v) is 1.47. The van der Waals surface area contributed by atoms with Gasteiger partial charge in [-0.25, -0.2) is 0 Å². The lowest BCUT2D eigenvalue weighted by Crippen LogP contribution is -1.98. The maximum Gasteiger partial charge on any atom is 0.226 e. The van der Waals surface area contributed by atoms with Gasteiger partial charge in [-0.05, 0) is 24.6 Å². The summed E-state index contributed by atoms with van der Waals surface area (Å²) in [6.45, 7) is 2.29. The van der Waals surface area contributed by atoms with Crippen molar-refractivity contribution in [3.8, 4) is 11.8 Å². The Kier molecular flexibility index (Phi) is 3.92. The summed E-state index contributed by atoms with van der Waals surface area (Å²) < 4.78 is 10.5. The Balaban J connectivity index is 1.96. The summed E-state index contributed by atoms with van der Waals surface area (Å²) in [5.41, 5.74) is 0.562. The van der Waals surface area contributed by atoms with Crippen molar-refractivity contribution in [2.45, 2.75) is 26.4 Å². The molecule has 1 heterocycles. The van der Waals surface area contributed by atoms with Crippen LogP contribution in [0.1, 0.15) is 30.6 Å². The molecule has 92 valence electrons. The lowest BCUT2D eigenvalue weighted by atomic mass is 10.2. The van der Waals surface area contributed by atoms with Crippen molar-refractivity contribution in [1.29, 1.82) is 5.26 Å². The summed E-state index contributed by atoms with van der Waals surface area (Å²) >= 11 is 0. The Morgan fingerprint density at radius 2 is 2.33 bits per heavy atom. The molecule has 0 spiro atoms. The number of rotatable bonds is 5. The number of hydrogen-bond donors (Lipinski definition) is 0. The van der Waals surface area contributed by atoms with Gasteiger partial charge >= 0.3 is 0 Å². The molecule has 5 heteroatoms. The topological polar surface area (TPSA) is 71.9 Å². The Morgan fingerprint density at radius 1 is 1.44 bits per heavy atom. The zero-order chi connectivity index (χ0) is 12.8. The fourth-order valence-electron chi connectivity index (χ4n) is 1.47. The summed E-state index contributed by atoms with van der Waals surface area (Å²) in [5, 5.41) is 12.6. The largest absolute Gasteiger partial charge is 0.485 e. The van der Waals surface area contributed by atoms with Crippen molar-refractivity contribution >= 4 is 0 Å². The standard InChI is InChI=1S/C13H13N3O2/c1-2-4-13-15-12(16-18-13)9-17-11-6-3-5-10(7-11)8-14/h3,5-7H,2,4,9H2,1H3. The summed E-state index contributed by atoms with van der Waals surface area (Å²) in [7, 11) is 0. The van der Waals surface area contributed by atoms with Gasteiger partial charge in [0.25, 0.3) is 0 Å². The molecule has 0 radical (unpaired) electrons. The highest BCUT2D eigenvalue weighted by molar-refractivity contribution is 5.36. The normalized spacial score (nSPS) is 10.0. The Morgan fingerprint density at radius 3 is 3.11 bits per heavy atom. The summed E-state index contributed by atoms with van der Waals surface area (Å²) in [4.78, 5) is 4.19. The Bertz CT molecular complexity index is 557. The number of benzene rings is 1. The smallest absolute Gasteiger partial charge is 0.226 e. The van der Waals surface area contributed by atoms with Crippen LogP contribution in [0.3, 0.4) is 0 Å². The molecule has 0 aliphatic rings. The van der Waals surface area contributed by atoms with Gasteiger partial charge in [-0.3, -0.25) is 0 Å². The van der Waals surface area contributed by atoms with Crippen LogP contribution in [0.25, 0.3) is 0 Å². The van der Waals surface area contributed by atoms with Gasteiger partial charge in [0.15, 0.2) is 6.61 Å². The molecule has 2 rings (SSSR count). The van der Waals surface area contributed by atoms with Crippen molar-refractivity contribution in [3.05, 3.63) is 41.5 Å². The second kappa shape index (κ2) is 5.82. The fraction of sp³-hybridized carbons (Fsp3) is 0.308. The maximum atomic E-state index is 8.76. The molecule has 1 aromatic heterocycles. The van der Waals surface area contributed by atoms with Crippen molar-refractivity contribution in [3.63, 3.8) is 0 Å². The molecule has 5 nitrogen and oxygen atoms in total. The molecular formula is C13H13N3O2. The van der Waals surface area contributed by atoms with E-state index in [1.807, 2.05) is 6.92 Å². The highest BCUT2D eigenvalue weighted by atomic mass is 16.5. The minimum absolute atomic E-state index is 0.238. The van der Waals surface area contributed by atoms with Crippen LogP contribution in [0.5, 0.6) is 5.75 Å². The predicted octanol–water partition coefficient (Wildman–Crippen LogP) is 2.47. The second-order valence-electron chi connectivity index (χ2n) is 3.78. The van der Waals surface area contributed by atoms with Gasteiger partial charge in [-0.15, -0.1) is 0 Å². The van der Waals surface area contributed by atoms with Crippen molar-refractivity contribution in [2.75, 3.05) is 0 Å². The van der Waals surface area contributed by atoms with Gasteiger partial charge in [0.2, 0.25) is 11.7 Å². The SMILES string of the molecule is CCCc1nc(COc2cccc(C#N)c2)no1. The van der Waals surface area contributed by atoms with Crippen molar-refractivity contribution in [2.24, 2.45) is 0 Å². The average molecular weight is 243 g/mol. The van der Waals surface area contributed by atoms with E-state index in [9.17, 15) is 0 Å². The molecule has 0 aliphatic heterocycles. The second-order valence-corrected chi connectivity index (χ2v) is 3.78. The van der Waals surface area contributed by atoms with Crippen LogP contribution in [0.15, 0.2) is 28.8 Å². The molecular weight excluding hydrogens is 230 g/mol. The van der Waals surface area contributed by atoms with Gasteiger partial charge in [-0.1, -0.05) is 18.1 Å². The molecule has 0 unspecified atom stereocenters. The molecule has 1 aromatic carbocycles. The number of hydrogen-bond acceptors (Lipinski definition) is 5. The quantitative estimate of drug-likeness (QED) is 0.806. The molecule has 0 fully saturated rings. The minimum atomic E-state index is 0.238. The van der Waals surface area contributed by atoms with Crippen LogP contribution in [-0.2, 0) is 13.0 Å². The summed E-state index contributed by atoms with van der Waals surface area (Å²) in [6.07, 6.45) is 1.74. The van der Waals surface area contributed by atoms with Crippen molar-refractivity contribution < 1.29 is 9.26 Å². The first-order chi connectivity index (χ1) is 8.81. The third-order valence-electron chi connectivity index (χ3n) is 2.31. The number of nitrogens with zero attached hydrogens (tertiary/aromatic N) is 3. The summed E-state index contributed by atoms with van der Waals surface area (Å²) in [5.74, 6) is 1.76. The lowest BCUT2D eigenvalue weighted by molar-refractivity contribution is 0.285. The molecule has 0 saturated carbocycles. The first kappa shape index (κ1) is 12.1. The summed E-state index contributed by atoms with van der Waals surface area (Å²) in [6, 6.07) is 9.01. The van der Waals surface area contributed by atoms with Crippen LogP contribution >= 0.6 is 0 Å². The molecule has 0 bridgehead atoms. The molecule has 0 aliphatic carbocycles. The van der Waals surface area contributed by atoms with Gasteiger partial charge in [-0.2, -0.15) is 10.2 Å². The Labute approximate surface area is 105 Å². The van der Waals surface area contributed by atoms with E-state index in [0.717, 1.165) is 12.8 Å². The number of ether oxygens (including phenoxy) is 1. The van der Waals surface area contributed by atoms with E-state index in [4.69, 9.17) is 14.5 Å². The third kappa shape index (κ3) is 3.08. The molecule has 18 heavy (non-hydrogen) atoms. The predicted molar refractivity (Wildman–Crippen MR) is 63.8 cm³/mol. The van der Waals surface area contributed by atoms with Gasteiger partial charge in [0, 0.05) is 6.42 Å². The Hall–Kier alpha value is -2.35. The van der Waals surface area contributed by atoms with Crippen LogP contribution in [0, 0.1) is 11.3 Å². The number of aryl methyl sites for hydroxylation is 1. The van der Waals surface area contributed by atoms with Crippen LogP contribution in [-0.4, -0.2) is 10.1 Å².